The van der Waals surface area contributed by atoms with Gasteiger partial charge in [-0.3, -0.25) is 4.79 Å². The molecular weight excluding hydrogens is 364 g/mol. The third-order valence-electron chi connectivity index (χ3n) is 4.54. The quantitative estimate of drug-likeness (QED) is 0.512. The first kappa shape index (κ1) is 18.4. The van der Waals surface area contributed by atoms with Crippen LogP contribution in [0.3, 0.4) is 0 Å². The summed E-state index contributed by atoms with van der Waals surface area (Å²) in [5.74, 6) is 0.850. The van der Waals surface area contributed by atoms with Crippen LogP contribution >= 0.6 is 0 Å². The van der Waals surface area contributed by atoms with Gasteiger partial charge in [-0.1, -0.05) is 36.4 Å². The minimum atomic E-state index is -0.219. The van der Waals surface area contributed by atoms with Crippen molar-refractivity contribution >= 4 is 28.2 Å². The molecule has 2 heterocycles. The Balaban J connectivity index is 1.51. The summed E-state index contributed by atoms with van der Waals surface area (Å²) in [6, 6.07) is 20.9. The first-order chi connectivity index (χ1) is 14.2. The lowest BCUT2D eigenvalue weighted by Gasteiger charge is -2.12. The normalized spacial score (nSPS) is 10.5. The maximum Gasteiger partial charge on any atom is 0.258 e. The minimum Gasteiger partial charge on any atom is -0.481 e. The highest BCUT2D eigenvalue weighted by Crippen LogP contribution is 2.20. The van der Waals surface area contributed by atoms with Crippen molar-refractivity contribution in [2.24, 2.45) is 0 Å². The van der Waals surface area contributed by atoms with Gasteiger partial charge in [-0.15, -0.1) is 0 Å². The van der Waals surface area contributed by atoms with Crippen LogP contribution in [0.2, 0.25) is 0 Å². The van der Waals surface area contributed by atoms with Gasteiger partial charge in [0.1, 0.15) is 5.82 Å². The summed E-state index contributed by atoms with van der Waals surface area (Å²) in [7, 11) is 1.58. The number of para-hydroxylation sites is 1. The number of benzene rings is 2. The van der Waals surface area contributed by atoms with E-state index in [0.29, 0.717) is 23.8 Å². The van der Waals surface area contributed by atoms with E-state index >= 15 is 0 Å². The number of ether oxygens (including phenoxy) is 1. The molecule has 2 aromatic heterocycles. The van der Waals surface area contributed by atoms with Crippen molar-refractivity contribution in [2.45, 2.75) is 6.54 Å². The Hall–Kier alpha value is -3.93. The van der Waals surface area contributed by atoms with E-state index in [9.17, 15) is 4.79 Å². The average Bonchev–Trinajstić information content (AvgIpc) is 2.78. The first-order valence-corrected chi connectivity index (χ1v) is 9.21. The number of nitrogens with zero attached hydrogens (tertiary/aromatic N) is 2. The molecule has 0 atom stereocenters. The number of fused-ring (bicyclic) bond motifs is 1. The van der Waals surface area contributed by atoms with E-state index in [1.165, 1.54) is 0 Å². The molecule has 0 saturated carbocycles. The number of hydrogen-bond donors (Lipinski definition) is 2. The van der Waals surface area contributed by atoms with E-state index in [4.69, 9.17) is 4.74 Å². The van der Waals surface area contributed by atoms with E-state index in [0.717, 1.165) is 22.0 Å². The predicted molar refractivity (Wildman–Crippen MR) is 114 cm³/mol. The molecule has 4 aromatic rings. The largest absolute Gasteiger partial charge is 0.481 e. The van der Waals surface area contributed by atoms with Gasteiger partial charge in [0, 0.05) is 36.1 Å². The third kappa shape index (κ3) is 4.32. The second-order valence-corrected chi connectivity index (χ2v) is 6.48. The Bertz CT molecular complexity index is 1160. The van der Waals surface area contributed by atoms with Crippen molar-refractivity contribution < 1.29 is 9.53 Å². The summed E-state index contributed by atoms with van der Waals surface area (Å²) in [6.07, 6.45) is 3.45. The van der Waals surface area contributed by atoms with E-state index < -0.39 is 0 Å². The monoisotopic (exact) mass is 384 g/mol. The molecule has 0 radical (unpaired) electrons. The van der Waals surface area contributed by atoms with Gasteiger partial charge in [-0.25, -0.2) is 9.97 Å². The number of methoxy groups -OCH3 is 1. The number of amides is 1. The minimum absolute atomic E-state index is 0.219. The zero-order valence-corrected chi connectivity index (χ0v) is 15.9. The van der Waals surface area contributed by atoms with Crippen molar-refractivity contribution in [3.8, 4) is 5.88 Å². The van der Waals surface area contributed by atoms with Gasteiger partial charge in [0.15, 0.2) is 0 Å². The molecular formula is C23H20N4O2. The highest BCUT2D eigenvalue weighted by Gasteiger charge is 2.12. The molecule has 2 aromatic carbocycles. The van der Waals surface area contributed by atoms with Gasteiger partial charge in [-0.2, -0.15) is 0 Å². The number of carbonyl (C=O) groups excluding carboxylic acids is 1. The Morgan fingerprint density at radius 2 is 1.76 bits per heavy atom. The SMILES string of the molecule is COc1cc(CNc2ccccc2C(=O)Nc2cc3ccccc3cn2)ccn1. The van der Waals surface area contributed by atoms with Crippen LogP contribution in [-0.4, -0.2) is 23.0 Å². The van der Waals surface area contributed by atoms with Gasteiger partial charge >= 0.3 is 0 Å². The number of rotatable bonds is 6. The summed E-state index contributed by atoms with van der Waals surface area (Å²) in [5.41, 5.74) is 2.29. The number of nitrogens with one attached hydrogen (secondary N) is 2. The van der Waals surface area contributed by atoms with Crippen LogP contribution in [0.5, 0.6) is 5.88 Å². The lowest BCUT2D eigenvalue weighted by molar-refractivity contribution is 0.102. The number of anilines is 2. The molecule has 0 unspecified atom stereocenters. The second kappa shape index (κ2) is 8.39. The number of aromatic nitrogens is 2. The van der Waals surface area contributed by atoms with Crippen LogP contribution in [0.1, 0.15) is 15.9 Å². The summed E-state index contributed by atoms with van der Waals surface area (Å²) >= 11 is 0. The number of pyridine rings is 2. The summed E-state index contributed by atoms with van der Waals surface area (Å²) in [4.78, 5) is 21.3. The van der Waals surface area contributed by atoms with Gasteiger partial charge < -0.3 is 15.4 Å². The molecule has 0 saturated heterocycles. The topological polar surface area (TPSA) is 76.1 Å². The van der Waals surface area contributed by atoms with Crippen LogP contribution in [0.15, 0.2) is 79.1 Å². The average molecular weight is 384 g/mol. The first-order valence-electron chi connectivity index (χ1n) is 9.21. The third-order valence-corrected chi connectivity index (χ3v) is 4.54. The van der Waals surface area contributed by atoms with Crippen molar-refractivity contribution in [1.82, 2.24) is 9.97 Å². The molecule has 29 heavy (non-hydrogen) atoms. The highest BCUT2D eigenvalue weighted by molar-refractivity contribution is 6.08. The van der Waals surface area contributed by atoms with Crippen LogP contribution in [0, 0.1) is 0 Å². The zero-order chi connectivity index (χ0) is 20.1. The fraction of sp³-hybridized carbons (Fsp3) is 0.0870. The maximum atomic E-state index is 12.9. The Morgan fingerprint density at radius 1 is 0.966 bits per heavy atom. The lowest BCUT2D eigenvalue weighted by Crippen LogP contribution is -2.15. The predicted octanol–water partition coefficient (Wildman–Crippen LogP) is 4.50. The summed E-state index contributed by atoms with van der Waals surface area (Å²) in [6.45, 7) is 0.539. The molecule has 6 nitrogen and oxygen atoms in total. The van der Waals surface area contributed by atoms with Crippen LogP contribution < -0.4 is 15.4 Å². The van der Waals surface area contributed by atoms with Gasteiger partial charge in [0.05, 0.1) is 12.7 Å². The molecule has 1 amide bonds. The van der Waals surface area contributed by atoms with E-state index in [-0.39, 0.29) is 5.91 Å². The Kier molecular flexibility index (Phi) is 5.33. The number of carbonyl (C=O) groups is 1. The van der Waals surface area contributed by atoms with Gasteiger partial charge in [0.25, 0.3) is 5.91 Å². The molecule has 0 aliphatic carbocycles. The van der Waals surface area contributed by atoms with Gasteiger partial charge in [0.2, 0.25) is 5.88 Å². The summed E-state index contributed by atoms with van der Waals surface area (Å²) < 4.78 is 5.16. The summed E-state index contributed by atoms with van der Waals surface area (Å²) in [5, 5.41) is 8.25. The maximum absolute atomic E-state index is 12.9. The Morgan fingerprint density at radius 3 is 2.62 bits per heavy atom. The lowest BCUT2D eigenvalue weighted by atomic mass is 10.1. The van der Waals surface area contributed by atoms with Crippen molar-refractivity contribution in [1.29, 1.82) is 0 Å². The Labute approximate surface area is 168 Å². The van der Waals surface area contributed by atoms with E-state index in [2.05, 4.69) is 20.6 Å². The molecule has 0 bridgehead atoms. The van der Waals surface area contributed by atoms with Crippen LogP contribution in [0.4, 0.5) is 11.5 Å². The molecule has 4 rings (SSSR count). The molecule has 0 spiro atoms. The molecule has 0 fully saturated rings. The van der Waals surface area contributed by atoms with Crippen molar-refractivity contribution in [3.63, 3.8) is 0 Å². The van der Waals surface area contributed by atoms with E-state index in [1.54, 1.807) is 25.6 Å². The van der Waals surface area contributed by atoms with Crippen LogP contribution in [0.25, 0.3) is 10.8 Å². The molecule has 0 aliphatic heterocycles. The second-order valence-electron chi connectivity index (χ2n) is 6.48. The van der Waals surface area contributed by atoms with E-state index in [1.807, 2.05) is 60.7 Å². The van der Waals surface area contributed by atoms with Crippen molar-refractivity contribution in [2.75, 3.05) is 17.7 Å². The van der Waals surface area contributed by atoms with Crippen molar-refractivity contribution in [3.05, 3.63) is 90.3 Å². The molecule has 2 N–H and O–H groups in total. The number of hydrogen-bond acceptors (Lipinski definition) is 5. The highest BCUT2D eigenvalue weighted by atomic mass is 16.5. The molecule has 144 valence electrons. The fourth-order valence-corrected chi connectivity index (χ4v) is 3.04. The molecule has 0 aliphatic rings. The zero-order valence-electron chi connectivity index (χ0n) is 15.9. The smallest absolute Gasteiger partial charge is 0.258 e. The standard InChI is InChI=1S/C23H20N4O2/c1-29-22-12-16(10-11-24-22)14-25-20-9-5-4-8-19(20)23(28)27-21-13-17-6-2-3-7-18(17)15-26-21/h2-13,15,25H,14H2,1H3,(H,26,27,28). The van der Waals surface area contributed by atoms with Crippen LogP contribution in [-0.2, 0) is 6.54 Å². The molecule has 6 heteroatoms. The van der Waals surface area contributed by atoms with Gasteiger partial charge in [-0.05, 0) is 35.2 Å². The fourth-order valence-electron chi connectivity index (χ4n) is 3.04.